The van der Waals surface area contributed by atoms with Crippen molar-refractivity contribution in [1.82, 2.24) is 14.7 Å². The number of nitrogens with zero attached hydrogens (tertiary/aromatic N) is 3. The van der Waals surface area contributed by atoms with Gasteiger partial charge in [0.1, 0.15) is 5.75 Å². The van der Waals surface area contributed by atoms with Crippen LogP contribution in [0.3, 0.4) is 0 Å². The van der Waals surface area contributed by atoms with Crippen molar-refractivity contribution in [3.05, 3.63) is 70.9 Å². The number of hydrogen-bond donors (Lipinski definition) is 0. The third-order valence-corrected chi connectivity index (χ3v) is 6.19. The van der Waals surface area contributed by atoms with Gasteiger partial charge in [-0.25, -0.2) is 4.79 Å². The van der Waals surface area contributed by atoms with Gasteiger partial charge in [0.2, 0.25) is 0 Å². The van der Waals surface area contributed by atoms with Gasteiger partial charge in [0.15, 0.2) is 5.60 Å². The maximum Gasteiger partial charge on any atom is 0.416 e. The van der Waals surface area contributed by atoms with Crippen LogP contribution in [0, 0.1) is 6.92 Å². The first-order valence-electron chi connectivity index (χ1n) is 12.7. The molecule has 0 N–H and O–H groups in total. The summed E-state index contributed by atoms with van der Waals surface area (Å²) in [6.45, 7) is 11.7. The van der Waals surface area contributed by atoms with E-state index in [1.54, 1.807) is 25.5 Å². The van der Waals surface area contributed by atoms with Gasteiger partial charge in [-0.15, -0.1) is 0 Å². The van der Waals surface area contributed by atoms with E-state index in [2.05, 4.69) is 23.0 Å². The average molecular weight is 532 g/mol. The molecule has 38 heavy (non-hydrogen) atoms. The van der Waals surface area contributed by atoms with Crippen molar-refractivity contribution in [2.45, 2.75) is 65.9 Å². The van der Waals surface area contributed by atoms with Gasteiger partial charge in [0.25, 0.3) is 0 Å². The van der Waals surface area contributed by atoms with Gasteiger partial charge in [0.05, 0.1) is 23.6 Å². The Kier molecular flexibility index (Phi) is 9.25. The topological polar surface area (TPSA) is 56.6 Å². The first kappa shape index (κ1) is 29.2. The van der Waals surface area contributed by atoms with Crippen LogP contribution in [0.1, 0.15) is 56.5 Å². The van der Waals surface area contributed by atoms with E-state index in [-0.39, 0.29) is 0 Å². The smallest absolute Gasteiger partial charge is 0.416 e. The van der Waals surface area contributed by atoms with Gasteiger partial charge < -0.3 is 9.47 Å². The van der Waals surface area contributed by atoms with Crippen LogP contribution in [0.4, 0.5) is 13.2 Å². The van der Waals surface area contributed by atoms with Gasteiger partial charge in [-0.05, 0) is 76.1 Å². The quantitative estimate of drug-likeness (QED) is 0.263. The maximum atomic E-state index is 12.9. The van der Waals surface area contributed by atoms with Crippen LogP contribution in [-0.2, 0) is 35.8 Å². The van der Waals surface area contributed by atoms with E-state index >= 15 is 0 Å². The molecule has 1 heterocycles. The highest BCUT2D eigenvalue weighted by Gasteiger charge is 2.32. The van der Waals surface area contributed by atoms with Gasteiger partial charge in [-0.1, -0.05) is 31.2 Å². The summed E-state index contributed by atoms with van der Waals surface area (Å²) in [5, 5.41) is 4.53. The highest BCUT2D eigenvalue weighted by molar-refractivity contribution is 5.79. The number of rotatable bonds is 11. The van der Waals surface area contributed by atoms with Crippen LogP contribution in [0.25, 0.3) is 11.3 Å². The lowest BCUT2D eigenvalue weighted by atomic mass is 10.1. The summed E-state index contributed by atoms with van der Waals surface area (Å²) in [4.78, 5) is 14.5. The lowest BCUT2D eigenvalue weighted by Gasteiger charge is -2.26. The zero-order valence-electron chi connectivity index (χ0n) is 22.9. The molecule has 0 atom stereocenters. The SMILES string of the molecule is CCCN(Cc1ccc(OC(C)(C)C(=O)OCC)c(C)c1)Cc1cc(-c2ccc(C(F)(F)F)cc2)nn1C. The normalized spacial score (nSPS) is 12.2. The van der Waals surface area contributed by atoms with Crippen molar-refractivity contribution < 1.29 is 27.4 Å². The second kappa shape index (κ2) is 12.0. The van der Waals surface area contributed by atoms with Gasteiger partial charge in [-0.3, -0.25) is 9.58 Å². The second-order valence-corrected chi connectivity index (χ2v) is 9.86. The lowest BCUT2D eigenvalue weighted by Crippen LogP contribution is -2.39. The fourth-order valence-electron chi connectivity index (χ4n) is 4.19. The summed E-state index contributed by atoms with van der Waals surface area (Å²) in [5.41, 5.74) is 2.47. The van der Waals surface area contributed by atoms with E-state index in [1.165, 1.54) is 12.1 Å². The van der Waals surface area contributed by atoms with Crippen molar-refractivity contribution in [2.75, 3.05) is 13.2 Å². The number of alkyl halides is 3. The Balaban J connectivity index is 1.73. The minimum atomic E-state index is -4.37. The summed E-state index contributed by atoms with van der Waals surface area (Å²) in [6.07, 6.45) is -3.41. The van der Waals surface area contributed by atoms with Gasteiger partial charge in [-0.2, -0.15) is 18.3 Å². The summed E-state index contributed by atoms with van der Waals surface area (Å²) < 4.78 is 51.6. The Labute approximate surface area is 222 Å². The molecular weight excluding hydrogens is 495 g/mol. The summed E-state index contributed by atoms with van der Waals surface area (Å²) in [5.74, 6) is 0.214. The third kappa shape index (κ3) is 7.37. The summed E-state index contributed by atoms with van der Waals surface area (Å²) in [7, 11) is 1.84. The van der Waals surface area contributed by atoms with Crippen LogP contribution in [0.2, 0.25) is 0 Å². The molecule has 3 aromatic rings. The molecule has 6 nitrogen and oxygen atoms in total. The Bertz CT molecular complexity index is 1230. The number of halogens is 3. The molecule has 0 fully saturated rings. The molecule has 0 bridgehead atoms. The Morgan fingerprint density at radius 2 is 1.71 bits per heavy atom. The molecule has 0 aliphatic heterocycles. The van der Waals surface area contributed by atoms with Crippen molar-refractivity contribution in [3.8, 4) is 17.0 Å². The Morgan fingerprint density at radius 3 is 2.29 bits per heavy atom. The molecule has 0 saturated heterocycles. The number of hydrogen-bond acceptors (Lipinski definition) is 5. The average Bonchev–Trinajstić information content (AvgIpc) is 3.20. The van der Waals surface area contributed by atoms with E-state index < -0.39 is 23.3 Å². The largest absolute Gasteiger partial charge is 0.476 e. The van der Waals surface area contributed by atoms with Gasteiger partial charge >= 0.3 is 12.1 Å². The fraction of sp³-hybridized carbons (Fsp3) is 0.448. The van der Waals surface area contributed by atoms with Crippen LogP contribution < -0.4 is 4.74 Å². The molecule has 9 heteroatoms. The van der Waals surface area contributed by atoms with Crippen LogP contribution in [0.5, 0.6) is 5.75 Å². The molecule has 1 aromatic heterocycles. The standard InChI is InChI=1S/C29H36F3N3O3/c1-7-15-35(18-21-9-14-26(20(3)16-21)38-28(4,5)27(36)37-8-2)19-24-17-25(33-34(24)6)22-10-12-23(13-11-22)29(30,31)32/h9-14,16-17H,7-8,15,18-19H2,1-6H3. The molecule has 0 unspecified atom stereocenters. The van der Waals surface area contributed by atoms with E-state index in [9.17, 15) is 18.0 Å². The number of benzene rings is 2. The highest BCUT2D eigenvalue weighted by Crippen LogP contribution is 2.31. The van der Waals surface area contributed by atoms with Crippen LogP contribution >= 0.6 is 0 Å². The lowest BCUT2D eigenvalue weighted by molar-refractivity contribution is -0.158. The molecule has 3 rings (SSSR count). The second-order valence-electron chi connectivity index (χ2n) is 9.86. The molecule has 2 aromatic carbocycles. The van der Waals surface area contributed by atoms with Crippen molar-refractivity contribution in [3.63, 3.8) is 0 Å². The Hall–Kier alpha value is -3.33. The predicted octanol–water partition coefficient (Wildman–Crippen LogP) is 6.55. The first-order valence-corrected chi connectivity index (χ1v) is 12.7. The van der Waals surface area contributed by atoms with E-state index in [0.29, 0.717) is 36.7 Å². The Morgan fingerprint density at radius 1 is 1.03 bits per heavy atom. The van der Waals surface area contributed by atoms with E-state index in [4.69, 9.17) is 9.47 Å². The molecule has 206 valence electrons. The molecule has 0 saturated carbocycles. The summed E-state index contributed by atoms with van der Waals surface area (Å²) >= 11 is 0. The number of ether oxygens (including phenoxy) is 2. The minimum Gasteiger partial charge on any atom is -0.476 e. The summed E-state index contributed by atoms with van der Waals surface area (Å²) in [6, 6.07) is 12.9. The first-order chi connectivity index (χ1) is 17.8. The number of aryl methyl sites for hydroxylation is 2. The van der Waals surface area contributed by atoms with Crippen molar-refractivity contribution >= 4 is 5.97 Å². The van der Waals surface area contributed by atoms with E-state index in [0.717, 1.165) is 41.9 Å². The fourth-order valence-corrected chi connectivity index (χ4v) is 4.19. The monoisotopic (exact) mass is 531 g/mol. The molecule has 0 aliphatic rings. The highest BCUT2D eigenvalue weighted by atomic mass is 19.4. The molecular formula is C29H36F3N3O3. The molecule has 0 spiro atoms. The zero-order chi connectivity index (χ0) is 28.1. The van der Waals surface area contributed by atoms with Crippen molar-refractivity contribution in [1.29, 1.82) is 0 Å². The number of aromatic nitrogens is 2. The van der Waals surface area contributed by atoms with E-state index in [1.807, 2.05) is 32.2 Å². The predicted molar refractivity (Wildman–Crippen MR) is 141 cm³/mol. The maximum absolute atomic E-state index is 12.9. The number of carbonyl (C=O) groups is 1. The third-order valence-electron chi connectivity index (χ3n) is 6.19. The molecule has 0 radical (unpaired) electrons. The van der Waals surface area contributed by atoms with Crippen LogP contribution in [-0.4, -0.2) is 39.4 Å². The molecule has 0 aliphatic carbocycles. The number of esters is 1. The molecule has 0 amide bonds. The zero-order valence-corrected chi connectivity index (χ0v) is 22.9. The number of carbonyl (C=O) groups excluding carboxylic acids is 1. The van der Waals surface area contributed by atoms with Crippen LogP contribution in [0.15, 0.2) is 48.5 Å². The minimum absolute atomic E-state index is 0.291. The van der Waals surface area contributed by atoms with Crippen molar-refractivity contribution in [2.24, 2.45) is 7.05 Å². The van der Waals surface area contributed by atoms with Gasteiger partial charge in [0, 0.05) is 25.7 Å².